The zero-order chi connectivity index (χ0) is 13.0. The van der Waals surface area contributed by atoms with Crippen molar-refractivity contribution in [3.05, 3.63) is 0 Å². The fraction of sp³-hybridized carbons (Fsp3) is 0.833. The van der Waals surface area contributed by atoms with Gasteiger partial charge in [-0.1, -0.05) is 0 Å². The number of nitrogens with zero attached hydrogens (tertiary/aromatic N) is 1. The largest absolute Gasteiger partial charge is 0.378 e. The standard InChI is InChI=1S/C12H21N3O3/c13-14-11(16)9-1-3-10(4-2-9)12(17)15-5-7-18-8-6-15/h9-10H,1-8,13H2,(H,14,16)/t9-,10-. The Kier molecular flexibility index (Phi) is 4.54. The summed E-state index contributed by atoms with van der Waals surface area (Å²) in [5.41, 5.74) is 2.19. The average molecular weight is 255 g/mol. The summed E-state index contributed by atoms with van der Waals surface area (Å²) in [6.07, 6.45) is 3.08. The van der Waals surface area contributed by atoms with Gasteiger partial charge in [0, 0.05) is 24.9 Å². The first-order chi connectivity index (χ1) is 8.72. The number of hydrogen-bond donors (Lipinski definition) is 2. The van der Waals surface area contributed by atoms with E-state index in [2.05, 4.69) is 5.43 Å². The van der Waals surface area contributed by atoms with E-state index in [1.807, 2.05) is 4.90 Å². The first-order valence-electron chi connectivity index (χ1n) is 6.59. The Hall–Kier alpha value is -1.14. The number of hydrazine groups is 1. The summed E-state index contributed by atoms with van der Waals surface area (Å²) >= 11 is 0. The van der Waals surface area contributed by atoms with E-state index >= 15 is 0 Å². The first kappa shape index (κ1) is 13.3. The van der Waals surface area contributed by atoms with Crippen LogP contribution in [-0.4, -0.2) is 43.0 Å². The van der Waals surface area contributed by atoms with Crippen molar-refractivity contribution in [2.45, 2.75) is 25.7 Å². The van der Waals surface area contributed by atoms with Crippen LogP contribution in [0.15, 0.2) is 0 Å². The van der Waals surface area contributed by atoms with Crippen LogP contribution in [0.1, 0.15) is 25.7 Å². The van der Waals surface area contributed by atoms with Gasteiger partial charge >= 0.3 is 0 Å². The van der Waals surface area contributed by atoms with Crippen LogP contribution in [0.3, 0.4) is 0 Å². The van der Waals surface area contributed by atoms with Gasteiger partial charge in [-0.15, -0.1) is 0 Å². The Balaban J connectivity index is 1.81. The van der Waals surface area contributed by atoms with Gasteiger partial charge in [0.15, 0.2) is 0 Å². The van der Waals surface area contributed by atoms with E-state index in [4.69, 9.17) is 10.6 Å². The monoisotopic (exact) mass is 255 g/mol. The van der Waals surface area contributed by atoms with Gasteiger partial charge in [-0.25, -0.2) is 5.84 Å². The molecule has 1 aliphatic carbocycles. The van der Waals surface area contributed by atoms with Crippen LogP contribution in [0.5, 0.6) is 0 Å². The molecule has 0 atom stereocenters. The van der Waals surface area contributed by atoms with E-state index in [1.54, 1.807) is 0 Å². The molecule has 1 saturated heterocycles. The van der Waals surface area contributed by atoms with E-state index in [0.717, 1.165) is 25.7 Å². The van der Waals surface area contributed by atoms with Crippen molar-refractivity contribution in [2.75, 3.05) is 26.3 Å². The quantitative estimate of drug-likeness (QED) is 0.401. The van der Waals surface area contributed by atoms with E-state index in [-0.39, 0.29) is 23.7 Å². The lowest BCUT2D eigenvalue weighted by atomic mass is 9.81. The Morgan fingerprint density at radius 2 is 1.61 bits per heavy atom. The average Bonchev–Trinajstić information content (AvgIpc) is 2.47. The number of hydrogen-bond acceptors (Lipinski definition) is 4. The number of carbonyl (C=O) groups is 2. The minimum atomic E-state index is -0.104. The van der Waals surface area contributed by atoms with Crippen LogP contribution in [0.25, 0.3) is 0 Å². The van der Waals surface area contributed by atoms with Crippen molar-refractivity contribution < 1.29 is 14.3 Å². The third kappa shape index (κ3) is 3.00. The second-order valence-corrected chi connectivity index (χ2v) is 4.99. The second kappa shape index (κ2) is 6.15. The molecule has 6 heteroatoms. The number of carbonyl (C=O) groups excluding carboxylic acids is 2. The SMILES string of the molecule is NNC(=O)[C@H]1CC[C@H](C(=O)N2CCOCC2)CC1. The smallest absolute Gasteiger partial charge is 0.236 e. The van der Waals surface area contributed by atoms with Gasteiger partial charge in [0.05, 0.1) is 13.2 Å². The predicted molar refractivity (Wildman–Crippen MR) is 65.2 cm³/mol. The molecule has 1 aliphatic heterocycles. The van der Waals surface area contributed by atoms with Crippen LogP contribution in [0, 0.1) is 11.8 Å². The highest BCUT2D eigenvalue weighted by atomic mass is 16.5. The molecule has 2 rings (SSSR count). The summed E-state index contributed by atoms with van der Waals surface area (Å²) in [5.74, 6) is 5.30. The van der Waals surface area contributed by atoms with Crippen LogP contribution in [0.2, 0.25) is 0 Å². The lowest BCUT2D eigenvalue weighted by Crippen LogP contribution is -2.45. The van der Waals surface area contributed by atoms with Crippen molar-refractivity contribution in [3.63, 3.8) is 0 Å². The molecule has 18 heavy (non-hydrogen) atoms. The van der Waals surface area contributed by atoms with Crippen LogP contribution in [-0.2, 0) is 14.3 Å². The molecule has 0 aromatic rings. The van der Waals surface area contributed by atoms with E-state index in [9.17, 15) is 9.59 Å². The third-order valence-electron chi connectivity index (χ3n) is 3.91. The minimum Gasteiger partial charge on any atom is -0.378 e. The fourth-order valence-corrected chi connectivity index (χ4v) is 2.76. The molecule has 1 heterocycles. The third-order valence-corrected chi connectivity index (χ3v) is 3.91. The molecule has 102 valence electrons. The van der Waals surface area contributed by atoms with Gasteiger partial charge in [0.2, 0.25) is 11.8 Å². The highest BCUT2D eigenvalue weighted by Crippen LogP contribution is 2.30. The molecule has 0 radical (unpaired) electrons. The Morgan fingerprint density at radius 1 is 1.06 bits per heavy atom. The number of rotatable bonds is 2. The van der Waals surface area contributed by atoms with Crippen molar-refractivity contribution in [1.29, 1.82) is 0 Å². The molecule has 2 fully saturated rings. The summed E-state index contributed by atoms with van der Waals surface area (Å²) < 4.78 is 5.24. The number of ether oxygens (including phenoxy) is 1. The molecule has 2 aliphatic rings. The molecule has 0 unspecified atom stereocenters. The Bertz CT molecular complexity index is 308. The highest BCUT2D eigenvalue weighted by Gasteiger charge is 2.32. The lowest BCUT2D eigenvalue weighted by Gasteiger charge is -2.33. The molecule has 1 saturated carbocycles. The summed E-state index contributed by atoms with van der Waals surface area (Å²) in [5, 5.41) is 0. The maximum absolute atomic E-state index is 12.2. The van der Waals surface area contributed by atoms with E-state index in [0.29, 0.717) is 26.3 Å². The molecule has 0 aromatic heterocycles. The van der Waals surface area contributed by atoms with Gasteiger partial charge in [-0.3, -0.25) is 15.0 Å². The summed E-state index contributed by atoms with van der Waals surface area (Å²) in [6.45, 7) is 2.66. The summed E-state index contributed by atoms with van der Waals surface area (Å²) in [7, 11) is 0. The molecular weight excluding hydrogens is 234 g/mol. The van der Waals surface area contributed by atoms with Gasteiger partial charge < -0.3 is 9.64 Å². The van der Waals surface area contributed by atoms with Crippen LogP contribution >= 0.6 is 0 Å². The van der Waals surface area contributed by atoms with Crippen molar-refractivity contribution >= 4 is 11.8 Å². The highest BCUT2D eigenvalue weighted by molar-refractivity contribution is 5.81. The molecule has 2 amide bonds. The minimum absolute atomic E-state index is 0.0243. The number of nitrogens with one attached hydrogen (secondary N) is 1. The first-order valence-corrected chi connectivity index (χ1v) is 6.59. The van der Waals surface area contributed by atoms with E-state index < -0.39 is 0 Å². The molecule has 3 N–H and O–H groups in total. The van der Waals surface area contributed by atoms with Gasteiger partial charge in [-0.2, -0.15) is 0 Å². The summed E-state index contributed by atoms with van der Waals surface area (Å²) in [6, 6.07) is 0. The van der Waals surface area contributed by atoms with Crippen molar-refractivity contribution in [3.8, 4) is 0 Å². The fourth-order valence-electron chi connectivity index (χ4n) is 2.76. The second-order valence-electron chi connectivity index (χ2n) is 4.99. The maximum Gasteiger partial charge on any atom is 0.236 e. The van der Waals surface area contributed by atoms with E-state index in [1.165, 1.54) is 0 Å². The number of morpholine rings is 1. The van der Waals surface area contributed by atoms with Crippen molar-refractivity contribution in [1.82, 2.24) is 10.3 Å². The Morgan fingerprint density at radius 3 is 2.17 bits per heavy atom. The normalized spacial score (nSPS) is 28.8. The van der Waals surface area contributed by atoms with Crippen LogP contribution < -0.4 is 11.3 Å². The number of nitrogens with two attached hydrogens (primary N) is 1. The topological polar surface area (TPSA) is 84.7 Å². The van der Waals surface area contributed by atoms with Gasteiger partial charge in [-0.05, 0) is 25.7 Å². The molecule has 0 spiro atoms. The van der Waals surface area contributed by atoms with Gasteiger partial charge in [0.1, 0.15) is 0 Å². The van der Waals surface area contributed by atoms with Crippen LogP contribution in [0.4, 0.5) is 0 Å². The zero-order valence-electron chi connectivity index (χ0n) is 10.6. The van der Waals surface area contributed by atoms with Crippen molar-refractivity contribution in [2.24, 2.45) is 17.7 Å². The molecule has 0 bridgehead atoms. The summed E-state index contributed by atoms with van der Waals surface area (Å²) in [4.78, 5) is 25.5. The maximum atomic E-state index is 12.2. The van der Waals surface area contributed by atoms with Gasteiger partial charge in [0.25, 0.3) is 0 Å². The lowest BCUT2D eigenvalue weighted by molar-refractivity contribution is -0.142. The molecular formula is C12H21N3O3. The predicted octanol–water partition coefficient (Wildman–Crippen LogP) is -0.359. The molecule has 0 aromatic carbocycles. The number of amides is 2. The zero-order valence-corrected chi connectivity index (χ0v) is 10.6. The molecule has 6 nitrogen and oxygen atoms in total. The Labute approximate surface area is 107 Å².